The van der Waals surface area contributed by atoms with Crippen molar-refractivity contribution in [3.63, 3.8) is 0 Å². The minimum Gasteiger partial charge on any atom is -0.313 e. The Morgan fingerprint density at radius 3 is 2.94 bits per heavy atom. The predicted octanol–water partition coefficient (Wildman–Crippen LogP) is 2.40. The number of halogens is 1. The second kappa shape index (κ2) is 3.18. The fourth-order valence-electron chi connectivity index (χ4n) is 1.94. The number of aromatic nitrogens is 3. The van der Waals surface area contributed by atoms with E-state index >= 15 is 0 Å². The van der Waals surface area contributed by atoms with Crippen LogP contribution in [0.5, 0.6) is 0 Å². The number of fused-ring (bicyclic) bond motifs is 3. The van der Waals surface area contributed by atoms with Gasteiger partial charge in [0.15, 0.2) is 6.29 Å². The van der Waals surface area contributed by atoms with Crippen LogP contribution in [0.25, 0.3) is 16.8 Å². The Balaban J connectivity index is 2.54. The Morgan fingerprint density at radius 2 is 2.19 bits per heavy atom. The normalized spacial score (nSPS) is 11.4. The van der Waals surface area contributed by atoms with E-state index in [4.69, 9.17) is 0 Å². The molecule has 0 saturated carbocycles. The van der Waals surface area contributed by atoms with Crippen LogP contribution in [-0.2, 0) is 7.05 Å². The molecule has 0 bridgehead atoms. The van der Waals surface area contributed by atoms with Crippen molar-refractivity contribution in [3.05, 3.63) is 34.6 Å². The number of carbonyl (C=O) groups excluding carboxylic acids is 1. The highest BCUT2D eigenvalue weighted by molar-refractivity contribution is 9.10. The molecule has 5 heteroatoms. The maximum atomic E-state index is 10.7. The number of rotatable bonds is 1. The van der Waals surface area contributed by atoms with E-state index in [0.29, 0.717) is 5.69 Å². The summed E-state index contributed by atoms with van der Waals surface area (Å²) in [5, 5.41) is 0. The van der Waals surface area contributed by atoms with E-state index in [1.165, 1.54) is 0 Å². The minimum absolute atomic E-state index is 0.451. The molecular formula is C11H8BrN3O. The van der Waals surface area contributed by atoms with Crippen LogP contribution in [0.4, 0.5) is 0 Å². The Labute approximate surface area is 99.6 Å². The molecule has 0 aliphatic rings. The van der Waals surface area contributed by atoms with Gasteiger partial charge in [-0.05, 0) is 18.2 Å². The average Bonchev–Trinajstić information content (AvgIpc) is 2.80. The van der Waals surface area contributed by atoms with Crippen molar-refractivity contribution < 1.29 is 4.79 Å². The van der Waals surface area contributed by atoms with Crippen LogP contribution in [-0.4, -0.2) is 20.2 Å². The highest BCUT2D eigenvalue weighted by atomic mass is 79.9. The first-order chi connectivity index (χ1) is 7.70. The average molecular weight is 278 g/mol. The number of nitrogens with zero attached hydrogens (tertiary/aromatic N) is 3. The molecule has 0 unspecified atom stereocenters. The second-order valence-electron chi connectivity index (χ2n) is 3.65. The molecule has 0 aliphatic heterocycles. The molecule has 16 heavy (non-hydrogen) atoms. The van der Waals surface area contributed by atoms with Gasteiger partial charge in [-0.1, -0.05) is 15.9 Å². The van der Waals surface area contributed by atoms with Gasteiger partial charge in [0.05, 0.1) is 11.0 Å². The molecule has 3 aromatic rings. The number of hydrogen-bond donors (Lipinski definition) is 0. The topological polar surface area (TPSA) is 39.3 Å². The monoisotopic (exact) mass is 277 g/mol. The van der Waals surface area contributed by atoms with E-state index in [1.54, 1.807) is 6.20 Å². The number of hydrogen-bond acceptors (Lipinski definition) is 2. The summed E-state index contributed by atoms with van der Waals surface area (Å²) in [6.07, 6.45) is 2.51. The standard InChI is InChI=1S/C11H8BrN3O/c1-14-9-3-2-7(12)4-10(9)15-5-8(6-16)13-11(14)15/h2-6H,1H3. The first kappa shape index (κ1) is 9.59. The fraction of sp³-hybridized carbons (Fsp3) is 0.0909. The van der Waals surface area contributed by atoms with E-state index in [2.05, 4.69) is 20.9 Å². The molecule has 80 valence electrons. The zero-order valence-corrected chi connectivity index (χ0v) is 10.1. The van der Waals surface area contributed by atoms with Crippen LogP contribution in [0.1, 0.15) is 10.5 Å². The van der Waals surface area contributed by atoms with Gasteiger partial charge >= 0.3 is 0 Å². The summed E-state index contributed by atoms with van der Waals surface area (Å²) in [7, 11) is 1.94. The van der Waals surface area contributed by atoms with Crippen LogP contribution in [0.15, 0.2) is 28.9 Å². The molecule has 0 aliphatic carbocycles. The summed E-state index contributed by atoms with van der Waals surface area (Å²) in [6.45, 7) is 0. The van der Waals surface area contributed by atoms with Gasteiger partial charge in [0, 0.05) is 17.7 Å². The third kappa shape index (κ3) is 1.15. The van der Waals surface area contributed by atoms with Gasteiger partial charge in [-0.15, -0.1) is 0 Å². The largest absolute Gasteiger partial charge is 0.313 e. The van der Waals surface area contributed by atoms with Crippen LogP contribution < -0.4 is 0 Å². The zero-order chi connectivity index (χ0) is 11.3. The fourth-order valence-corrected chi connectivity index (χ4v) is 2.29. The van der Waals surface area contributed by atoms with E-state index in [1.807, 2.05) is 34.2 Å². The molecule has 3 rings (SSSR count). The SMILES string of the molecule is Cn1c2ccc(Br)cc2n2cc(C=O)nc12. The first-order valence-corrected chi connectivity index (χ1v) is 5.58. The van der Waals surface area contributed by atoms with Crippen LogP contribution in [0.3, 0.4) is 0 Å². The Bertz CT molecular complexity index is 711. The van der Waals surface area contributed by atoms with E-state index < -0.39 is 0 Å². The van der Waals surface area contributed by atoms with Crippen molar-refractivity contribution in [2.45, 2.75) is 0 Å². The number of carbonyl (C=O) groups is 1. The quantitative estimate of drug-likeness (QED) is 0.641. The minimum atomic E-state index is 0.451. The predicted molar refractivity (Wildman–Crippen MR) is 64.8 cm³/mol. The molecule has 0 amide bonds. The molecular weight excluding hydrogens is 270 g/mol. The van der Waals surface area contributed by atoms with Gasteiger partial charge in [0.2, 0.25) is 5.78 Å². The molecule has 0 radical (unpaired) electrons. The molecule has 0 spiro atoms. The summed E-state index contributed by atoms with van der Waals surface area (Å²) in [5.74, 6) is 0.773. The summed E-state index contributed by atoms with van der Waals surface area (Å²) < 4.78 is 4.90. The van der Waals surface area contributed by atoms with Gasteiger partial charge in [-0.2, -0.15) is 0 Å². The summed E-state index contributed by atoms with van der Waals surface area (Å²) in [4.78, 5) is 14.9. The first-order valence-electron chi connectivity index (χ1n) is 4.79. The van der Waals surface area contributed by atoms with Crippen molar-refractivity contribution in [1.29, 1.82) is 0 Å². The van der Waals surface area contributed by atoms with Gasteiger partial charge in [0.1, 0.15) is 5.69 Å². The van der Waals surface area contributed by atoms with Gasteiger partial charge in [-0.3, -0.25) is 9.20 Å². The van der Waals surface area contributed by atoms with Crippen LogP contribution in [0.2, 0.25) is 0 Å². The van der Waals surface area contributed by atoms with Crippen molar-refractivity contribution in [2.24, 2.45) is 7.05 Å². The van der Waals surface area contributed by atoms with Crippen LogP contribution >= 0.6 is 15.9 Å². The van der Waals surface area contributed by atoms with Gasteiger partial charge in [0.25, 0.3) is 0 Å². The Hall–Kier alpha value is -1.62. The molecule has 2 heterocycles. The van der Waals surface area contributed by atoms with Crippen molar-refractivity contribution in [3.8, 4) is 0 Å². The smallest absolute Gasteiger partial charge is 0.215 e. The second-order valence-corrected chi connectivity index (χ2v) is 4.56. The van der Waals surface area contributed by atoms with E-state index in [0.717, 1.165) is 27.6 Å². The molecule has 0 atom stereocenters. The highest BCUT2D eigenvalue weighted by Crippen LogP contribution is 2.23. The molecule has 2 aromatic heterocycles. The van der Waals surface area contributed by atoms with Gasteiger partial charge < -0.3 is 4.57 Å². The number of aryl methyl sites for hydroxylation is 1. The maximum Gasteiger partial charge on any atom is 0.215 e. The van der Waals surface area contributed by atoms with Crippen molar-refractivity contribution >= 4 is 39.0 Å². The lowest BCUT2D eigenvalue weighted by atomic mass is 10.3. The third-order valence-corrected chi connectivity index (χ3v) is 3.18. The third-order valence-electron chi connectivity index (χ3n) is 2.69. The van der Waals surface area contributed by atoms with E-state index in [-0.39, 0.29) is 0 Å². The summed E-state index contributed by atoms with van der Waals surface area (Å²) >= 11 is 3.44. The zero-order valence-electron chi connectivity index (χ0n) is 8.51. The summed E-state index contributed by atoms with van der Waals surface area (Å²) in [6, 6.07) is 6.02. The Kier molecular flexibility index (Phi) is 1.91. The lowest BCUT2D eigenvalue weighted by molar-refractivity contribution is 0.111. The van der Waals surface area contributed by atoms with Crippen LogP contribution in [0, 0.1) is 0 Å². The Morgan fingerprint density at radius 1 is 1.38 bits per heavy atom. The van der Waals surface area contributed by atoms with Crippen molar-refractivity contribution in [1.82, 2.24) is 14.0 Å². The molecule has 0 fully saturated rings. The molecule has 0 N–H and O–H groups in total. The number of benzene rings is 1. The molecule has 1 aromatic carbocycles. The lowest BCUT2D eigenvalue weighted by Gasteiger charge is -1.95. The maximum absolute atomic E-state index is 10.7. The van der Waals surface area contributed by atoms with Crippen molar-refractivity contribution in [2.75, 3.05) is 0 Å². The highest BCUT2D eigenvalue weighted by Gasteiger charge is 2.11. The number of imidazole rings is 2. The van der Waals surface area contributed by atoms with E-state index in [9.17, 15) is 4.79 Å². The lowest BCUT2D eigenvalue weighted by Crippen LogP contribution is -1.88. The molecule has 4 nitrogen and oxygen atoms in total. The summed E-state index contributed by atoms with van der Waals surface area (Å²) in [5.41, 5.74) is 2.57. The van der Waals surface area contributed by atoms with Gasteiger partial charge in [-0.25, -0.2) is 4.98 Å². The molecule has 0 saturated heterocycles. The number of aldehydes is 1.